The first-order valence-corrected chi connectivity index (χ1v) is 8.10. The molecule has 3 aromatic rings. The summed E-state index contributed by atoms with van der Waals surface area (Å²) in [4.78, 5) is 21.2. The zero-order chi connectivity index (χ0) is 16.2. The van der Waals surface area contributed by atoms with Gasteiger partial charge in [0.25, 0.3) is 0 Å². The number of hydrogen-bond acceptors (Lipinski definition) is 5. The number of aromatic nitrogens is 2. The molecule has 0 aliphatic heterocycles. The number of carbonyl (C=O) groups is 1. The lowest BCUT2D eigenvalue weighted by atomic mass is 10.1. The Morgan fingerprint density at radius 3 is 2.48 bits per heavy atom. The van der Waals surface area contributed by atoms with E-state index in [9.17, 15) is 4.79 Å². The molecule has 0 fully saturated rings. The molecule has 1 heterocycles. The number of fused-ring (bicyclic) bond motifs is 1. The molecule has 0 bridgehead atoms. The van der Waals surface area contributed by atoms with Gasteiger partial charge >= 0.3 is 5.97 Å². The molecular weight excluding hydrogens is 308 g/mol. The predicted octanol–water partition coefficient (Wildman–Crippen LogP) is 3.94. The normalized spacial score (nSPS) is 12.1. The van der Waals surface area contributed by atoms with Gasteiger partial charge in [-0.25, -0.2) is 9.97 Å². The second-order valence-corrected chi connectivity index (χ2v) is 6.12. The van der Waals surface area contributed by atoms with Crippen molar-refractivity contribution in [2.75, 3.05) is 7.11 Å². The van der Waals surface area contributed by atoms with Crippen molar-refractivity contribution in [1.82, 2.24) is 9.97 Å². The summed E-state index contributed by atoms with van der Waals surface area (Å²) in [5.41, 5.74) is 1.77. The van der Waals surface area contributed by atoms with Crippen LogP contribution in [0.5, 0.6) is 0 Å². The summed E-state index contributed by atoms with van der Waals surface area (Å²) in [5.74, 6) is 0.393. The van der Waals surface area contributed by atoms with E-state index >= 15 is 0 Å². The Labute approximate surface area is 138 Å². The molecule has 4 nitrogen and oxygen atoms in total. The highest BCUT2D eigenvalue weighted by Gasteiger charge is 2.24. The van der Waals surface area contributed by atoms with Crippen molar-refractivity contribution < 1.29 is 9.53 Å². The number of benzene rings is 2. The standard InChI is InChI=1S/C18H16N2O2S/c1-12-19-15-11-7-6-10-14(15)17(20-12)23-16(18(21)22-2)13-8-4-3-5-9-13/h3-11,16H,1-2H3. The van der Waals surface area contributed by atoms with Gasteiger partial charge in [-0.05, 0) is 18.6 Å². The highest BCUT2D eigenvalue weighted by Crippen LogP contribution is 2.38. The fourth-order valence-corrected chi connectivity index (χ4v) is 3.54. The molecule has 0 amide bonds. The summed E-state index contributed by atoms with van der Waals surface area (Å²) in [6.45, 7) is 1.85. The van der Waals surface area contributed by atoms with E-state index in [4.69, 9.17) is 4.74 Å². The second-order valence-electron chi connectivity index (χ2n) is 5.02. The number of para-hydroxylation sites is 1. The lowest BCUT2D eigenvalue weighted by Gasteiger charge is -2.15. The van der Waals surface area contributed by atoms with E-state index in [2.05, 4.69) is 9.97 Å². The highest BCUT2D eigenvalue weighted by atomic mass is 32.2. The molecule has 1 aromatic heterocycles. The highest BCUT2D eigenvalue weighted by molar-refractivity contribution is 8.00. The lowest BCUT2D eigenvalue weighted by molar-refractivity contribution is -0.140. The average Bonchev–Trinajstić information content (AvgIpc) is 2.59. The van der Waals surface area contributed by atoms with Crippen LogP contribution in [-0.2, 0) is 9.53 Å². The summed E-state index contributed by atoms with van der Waals surface area (Å²) >= 11 is 1.39. The van der Waals surface area contributed by atoms with Gasteiger partial charge in [0.1, 0.15) is 16.1 Å². The average molecular weight is 324 g/mol. The Bertz CT molecular complexity index is 837. The van der Waals surface area contributed by atoms with E-state index in [0.29, 0.717) is 5.82 Å². The van der Waals surface area contributed by atoms with Gasteiger partial charge in [0, 0.05) is 5.39 Å². The van der Waals surface area contributed by atoms with E-state index in [0.717, 1.165) is 21.5 Å². The molecule has 3 rings (SSSR count). The molecule has 0 saturated carbocycles. The zero-order valence-corrected chi connectivity index (χ0v) is 13.7. The second kappa shape index (κ2) is 6.79. The Balaban J connectivity index is 2.05. The van der Waals surface area contributed by atoms with Crippen molar-refractivity contribution in [3.05, 3.63) is 66.0 Å². The molecule has 0 aliphatic rings. The van der Waals surface area contributed by atoms with Crippen LogP contribution >= 0.6 is 11.8 Å². The minimum absolute atomic E-state index is 0.290. The van der Waals surface area contributed by atoms with Crippen molar-refractivity contribution in [3.63, 3.8) is 0 Å². The maximum Gasteiger partial charge on any atom is 0.323 e. The number of esters is 1. The molecule has 1 atom stereocenters. The van der Waals surface area contributed by atoms with Crippen molar-refractivity contribution in [1.29, 1.82) is 0 Å². The predicted molar refractivity (Wildman–Crippen MR) is 91.3 cm³/mol. The van der Waals surface area contributed by atoms with Gasteiger partial charge in [-0.2, -0.15) is 0 Å². The largest absolute Gasteiger partial charge is 0.468 e. The Morgan fingerprint density at radius 2 is 1.74 bits per heavy atom. The van der Waals surface area contributed by atoms with Gasteiger partial charge in [0.05, 0.1) is 12.6 Å². The Kier molecular flexibility index (Phi) is 4.57. The maximum atomic E-state index is 12.3. The van der Waals surface area contributed by atoms with Gasteiger partial charge in [-0.1, -0.05) is 60.3 Å². The fraction of sp³-hybridized carbons (Fsp3) is 0.167. The third-order valence-corrected chi connectivity index (χ3v) is 4.66. The Hall–Kier alpha value is -2.40. The third kappa shape index (κ3) is 3.35. The molecule has 0 radical (unpaired) electrons. The first-order chi connectivity index (χ1) is 11.2. The number of carbonyl (C=O) groups excluding carboxylic acids is 1. The number of methoxy groups -OCH3 is 1. The van der Waals surface area contributed by atoms with E-state index in [1.54, 1.807) is 0 Å². The molecule has 23 heavy (non-hydrogen) atoms. The van der Waals surface area contributed by atoms with Gasteiger partial charge in [-0.3, -0.25) is 4.79 Å². The first-order valence-electron chi connectivity index (χ1n) is 7.22. The van der Waals surface area contributed by atoms with E-state index < -0.39 is 5.25 Å². The van der Waals surface area contributed by atoms with Crippen molar-refractivity contribution in [2.24, 2.45) is 0 Å². The first kappa shape index (κ1) is 15.5. The van der Waals surface area contributed by atoms with Crippen LogP contribution in [0.3, 0.4) is 0 Å². The van der Waals surface area contributed by atoms with Crippen LogP contribution in [0.15, 0.2) is 59.6 Å². The third-order valence-electron chi connectivity index (χ3n) is 3.43. The number of hydrogen-bond donors (Lipinski definition) is 0. The lowest BCUT2D eigenvalue weighted by Crippen LogP contribution is -2.11. The SMILES string of the molecule is COC(=O)C(Sc1nc(C)nc2ccccc12)c1ccccc1. The molecule has 1 unspecified atom stereocenters. The molecule has 5 heteroatoms. The molecule has 2 aromatic carbocycles. The van der Waals surface area contributed by atoms with Gasteiger partial charge in [-0.15, -0.1) is 0 Å². The smallest absolute Gasteiger partial charge is 0.323 e. The molecule has 0 aliphatic carbocycles. The monoisotopic (exact) mass is 324 g/mol. The summed E-state index contributed by atoms with van der Waals surface area (Å²) in [5, 5.41) is 1.26. The van der Waals surface area contributed by atoms with Crippen LogP contribution in [0.1, 0.15) is 16.6 Å². The minimum atomic E-state index is -0.459. The molecule has 0 saturated heterocycles. The molecule has 116 valence electrons. The van der Waals surface area contributed by atoms with Crippen LogP contribution < -0.4 is 0 Å². The molecule has 0 spiro atoms. The fourth-order valence-electron chi connectivity index (χ4n) is 2.35. The number of rotatable bonds is 4. The number of thioether (sulfide) groups is 1. The topological polar surface area (TPSA) is 52.1 Å². The quantitative estimate of drug-likeness (QED) is 0.413. The number of nitrogens with zero attached hydrogens (tertiary/aromatic N) is 2. The zero-order valence-electron chi connectivity index (χ0n) is 12.9. The van der Waals surface area contributed by atoms with Crippen LogP contribution in [-0.4, -0.2) is 23.0 Å². The van der Waals surface area contributed by atoms with Crippen LogP contribution in [0.2, 0.25) is 0 Å². The number of ether oxygens (including phenoxy) is 1. The van der Waals surface area contributed by atoms with Gasteiger partial charge < -0.3 is 4.74 Å². The Morgan fingerprint density at radius 1 is 1.04 bits per heavy atom. The van der Waals surface area contributed by atoms with Gasteiger partial charge in [0.2, 0.25) is 0 Å². The van der Waals surface area contributed by atoms with Gasteiger partial charge in [0.15, 0.2) is 0 Å². The summed E-state index contributed by atoms with van der Waals surface area (Å²) < 4.78 is 4.98. The van der Waals surface area contributed by atoms with E-state index in [-0.39, 0.29) is 5.97 Å². The van der Waals surface area contributed by atoms with Crippen molar-refractivity contribution in [2.45, 2.75) is 17.2 Å². The van der Waals surface area contributed by atoms with Crippen molar-refractivity contribution >= 4 is 28.6 Å². The van der Waals surface area contributed by atoms with Crippen LogP contribution in [0, 0.1) is 6.92 Å². The van der Waals surface area contributed by atoms with E-state index in [1.807, 2.05) is 61.5 Å². The van der Waals surface area contributed by atoms with Crippen LogP contribution in [0.25, 0.3) is 10.9 Å². The number of aryl methyl sites for hydroxylation is 1. The molecule has 0 N–H and O–H groups in total. The maximum absolute atomic E-state index is 12.3. The van der Waals surface area contributed by atoms with Crippen molar-refractivity contribution in [3.8, 4) is 0 Å². The summed E-state index contributed by atoms with van der Waals surface area (Å²) in [6.07, 6.45) is 0. The molecular formula is C18H16N2O2S. The van der Waals surface area contributed by atoms with E-state index in [1.165, 1.54) is 18.9 Å². The summed E-state index contributed by atoms with van der Waals surface area (Å²) in [6, 6.07) is 17.4. The minimum Gasteiger partial charge on any atom is -0.468 e. The van der Waals surface area contributed by atoms with Crippen LogP contribution in [0.4, 0.5) is 0 Å². The summed E-state index contributed by atoms with van der Waals surface area (Å²) in [7, 11) is 1.40.